The Hall–Kier alpha value is -1.45. The highest BCUT2D eigenvalue weighted by molar-refractivity contribution is 7.91. The Bertz CT molecular complexity index is 623. The number of hydrogen-bond acceptors (Lipinski definition) is 6. The molecule has 4 N–H and O–H groups in total. The maximum Gasteiger partial charge on any atom is 0.251 e. The van der Waals surface area contributed by atoms with E-state index in [4.69, 9.17) is 5.73 Å². The maximum atomic E-state index is 11.9. The lowest BCUT2D eigenvalue weighted by Crippen LogP contribution is -2.46. The zero-order valence-corrected chi connectivity index (χ0v) is 12.2. The van der Waals surface area contributed by atoms with Gasteiger partial charge in [0.1, 0.15) is 5.00 Å². The van der Waals surface area contributed by atoms with Crippen molar-refractivity contribution in [1.29, 1.82) is 0 Å². The Labute approximate surface area is 120 Å². The van der Waals surface area contributed by atoms with E-state index in [9.17, 15) is 18.0 Å². The van der Waals surface area contributed by atoms with E-state index in [1.54, 1.807) is 5.38 Å². The third-order valence-electron chi connectivity index (χ3n) is 2.92. The first kappa shape index (κ1) is 14.9. The Morgan fingerprint density at radius 1 is 1.50 bits per heavy atom. The number of nitrogens with one attached hydrogen (secondary N) is 2. The molecule has 0 aromatic carbocycles. The topological polar surface area (TPSA) is 118 Å². The molecule has 9 heteroatoms. The lowest BCUT2D eigenvalue weighted by molar-refractivity contribution is -0.116. The van der Waals surface area contributed by atoms with Crippen LogP contribution in [0.5, 0.6) is 0 Å². The molecule has 1 atom stereocenters. The van der Waals surface area contributed by atoms with Crippen LogP contribution in [0, 0.1) is 0 Å². The SMILES string of the molecule is NC(=O)c1ccsc1NC(=O)CC1CS(=O)(=O)CCN1. The average Bonchev–Trinajstić information content (AvgIpc) is 2.75. The molecule has 1 unspecified atom stereocenters. The fraction of sp³-hybridized carbons (Fsp3) is 0.455. The van der Waals surface area contributed by atoms with Gasteiger partial charge in [0.2, 0.25) is 5.91 Å². The van der Waals surface area contributed by atoms with Crippen molar-refractivity contribution in [3.05, 3.63) is 17.0 Å². The number of anilines is 1. The van der Waals surface area contributed by atoms with Crippen LogP contribution in [-0.2, 0) is 14.6 Å². The van der Waals surface area contributed by atoms with Crippen molar-refractivity contribution < 1.29 is 18.0 Å². The third-order valence-corrected chi connectivity index (χ3v) is 5.48. The number of rotatable bonds is 4. The number of sulfone groups is 1. The van der Waals surface area contributed by atoms with Crippen LogP contribution in [0.15, 0.2) is 11.4 Å². The maximum absolute atomic E-state index is 11.9. The predicted molar refractivity (Wildman–Crippen MR) is 76.5 cm³/mol. The summed E-state index contributed by atoms with van der Waals surface area (Å²) in [6.07, 6.45) is 0.0370. The Balaban J connectivity index is 1.96. The molecule has 0 saturated carbocycles. The second kappa shape index (κ2) is 5.90. The average molecular weight is 317 g/mol. The number of thiophene rings is 1. The van der Waals surface area contributed by atoms with E-state index in [0.29, 0.717) is 11.5 Å². The summed E-state index contributed by atoms with van der Waals surface area (Å²) >= 11 is 1.20. The third kappa shape index (κ3) is 3.78. The van der Waals surface area contributed by atoms with Gasteiger partial charge >= 0.3 is 0 Å². The second-order valence-electron chi connectivity index (χ2n) is 4.55. The molecular formula is C11H15N3O4S2. The molecule has 2 heterocycles. The van der Waals surface area contributed by atoms with Crippen molar-refractivity contribution in [2.75, 3.05) is 23.4 Å². The highest BCUT2D eigenvalue weighted by Crippen LogP contribution is 2.23. The molecule has 1 fully saturated rings. The smallest absolute Gasteiger partial charge is 0.251 e. The van der Waals surface area contributed by atoms with Gasteiger partial charge in [0.15, 0.2) is 9.84 Å². The standard InChI is InChI=1S/C11H15N3O4S2/c12-10(16)8-1-3-19-11(8)14-9(15)5-7-6-20(17,18)4-2-13-7/h1,3,7,13H,2,4-6H2,(H2,12,16)(H,14,15). The summed E-state index contributed by atoms with van der Waals surface area (Å²) in [7, 11) is -3.08. The van der Waals surface area contributed by atoms with Crippen LogP contribution in [0.3, 0.4) is 0 Å². The molecular weight excluding hydrogens is 302 g/mol. The van der Waals surface area contributed by atoms with E-state index >= 15 is 0 Å². The van der Waals surface area contributed by atoms with Crippen LogP contribution in [0.25, 0.3) is 0 Å². The van der Waals surface area contributed by atoms with Gasteiger partial charge in [-0.1, -0.05) is 0 Å². The lowest BCUT2D eigenvalue weighted by Gasteiger charge is -2.23. The van der Waals surface area contributed by atoms with E-state index < -0.39 is 21.8 Å². The first-order valence-electron chi connectivity index (χ1n) is 5.98. The largest absolute Gasteiger partial charge is 0.366 e. The minimum atomic E-state index is -3.08. The monoisotopic (exact) mass is 317 g/mol. The molecule has 20 heavy (non-hydrogen) atoms. The van der Waals surface area contributed by atoms with Gasteiger partial charge in [0.05, 0.1) is 17.1 Å². The van der Waals surface area contributed by atoms with Crippen LogP contribution in [0.4, 0.5) is 5.00 Å². The van der Waals surface area contributed by atoms with Crippen LogP contribution in [-0.4, -0.2) is 44.3 Å². The van der Waals surface area contributed by atoms with Crippen molar-refractivity contribution >= 4 is 38.0 Å². The molecule has 2 amide bonds. The molecule has 0 spiro atoms. The van der Waals surface area contributed by atoms with Gasteiger partial charge in [-0.2, -0.15) is 0 Å². The molecule has 1 aliphatic rings. The number of nitrogens with two attached hydrogens (primary N) is 1. The Morgan fingerprint density at radius 3 is 2.90 bits per heavy atom. The van der Waals surface area contributed by atoms with Gasteiger partial charge in [-0.05, 0) is 11.4 Å². The van der Waals surface area contributed by atoms with Gasteiger partial charge in [-0.3, -0.25) is 9.59 Å². The quantitative estimate of drug-likeness (QED) is 0.696. The molecule has 0 aliphatic carbocycles. The van der Waals surface area contributed by atoms with Gasteiger partial charge in [0.25, 0.3) is 5.91 Å². The zero-order valence-electron chi connectivity index (χ0n) is 10.6. The molecule has 1 aromatic rings. The predicted octanol–water partition coefficient (Wildman–Crippen LogP) is -0.438. The van der Waals surface area contributed by atoms with Crippen molar-refractivity contribution in [2.24, 2.45) is 5.73 Å². The number of carbonyl (C=O) groups excluding carboxylic acids is 2. The summed E-state index contributed by atoms with van der Waals surface area (Å²) in [4.78, 5) is 23.0. The van der Waals surface area contributed by atoms with E-state index in [1.807, 2.05) is 0 Å². The van der Waals surface area contributed by atoms with Crippen molar-refractivity contribution in [1.82, 2.24) is 5.32 Å². The number of amides is 2. The molecule has 1 aromatic heterocycles. The summed E-state index contributed by atoms with van der Waals surface area (Å²) in [5, 5.41) is 7.63. The summed E-state index contributed by atoms with van der Waals surface area (Å²) < 4.78 is 22.9. The van der Waals surface area contributed by atoms with Crippen molar-refractivity contribution in [3.63, 3.8) is 0 Å². The van der Waals surface area contributed by atoms with Gasteiger partial charge in [-0.15, -0.1) is 11.3 Å². The molecule has 7 nitrogen and oxygen atoms in total. The number of primary amides is 1. The summed E-state index contributed by atoms with van der Waals surface area (Å²) in [6, 6.07) is 1.14. The Morgan fingerprint density at radius 2 is 2.25 bits per heavy atom. The zero-order chi connectivity index (χ0) is 14.8. The first-order chi connectivity index (χ1) is 9.37. The summed E-state index contributed by atoms with van der Waals surface area (Å²) in [5.41, 5.74) is 5.44. The number of hydrogen-bond donors (Lipinski definition) is 3. The molecule has 2 rings (SSSR count). The van der Waals surface area contributed by atoms with E-state index in [1.165, 1.54) is 17.4 Å². The normalized spacial score (nSPS) is 21.3. The van der Waals surface area contributed by atoms with Crippen LogP contribution in [0.2, 0.25) is 0 Å². The van der Waals surface area contributed by atoms with Crippen LogP contribution < -0.4 is 16.4 Å². The fourth-order valence-electron chi connectivity index (χ4n) is 2.00. The number of carbonyl (C=O) groups is 2. The van der Waals surface area contributed by atoms with Gasteiger partial charge < -0.3 is 16.4 Å². The second-order valence-corrected chi connectivity index (χ2v) is 7.69. The first-order valence-corrected chi connectivity index (χ1v) is 8.68. The Kier molecular flexibility index (Phi) is 4.41. The fourth-order valence-corrected chi connectivity index (χ4v) is 4.25. The van der Waals surface area contributed by atoms with E-state index in [0.717, 1.165) is 0 Å². The van der Waals surface area contributed by atoms with Gasteiger partial charge in [-0.25, -0.2) is 8.42 Å². The van der Waals surface area contributed by atoms with Gasteiger partial charge in [0, 0.05) is 19.0 Å². The minimum Gasteiger partial charge on any atom is -0.366 e. The van der Waals surface area contributed by atoms with Crippen LogP contribution >= 0.6 is 11.3 Å². The summed E-state index contributed by atoms with van der Waals surface area (Å²) in [5.74, 6) is -0.903. The van der Waals surface area contributed by atoms with Crippen LogP contribution in [0.1, 0.15) is 16.8 Å². The van der Waals surface area contributed by atoms with E-state index in [-0.39, 0.29) is 29.4 Å². The molecule has 1 aliphatic heterocycles. The highest BCUT2D eigenvalue weighted by atomic mass is 32.2. The molecule has 0 radical (unpaired) electrons. The molecule has 110 valence electrons. The molecule has 0 bridgehead atoms. The molecule has 1 saturated heterocycles. The van der Waals surface area contributed by atoms with E-state index in [2.05, 4.69) is 10.6 Å². The van der Waals surface area contributed by atoms with Crippen molar-refractivity contribution in [3.8, 4) is 0 Å². The minimum absolute atomic E-state index is 0.0370. The highest BCUT2D eigenvalue weighted by Gasteiger charge is 2.26. The van der Waals surface area contributed by atoms with Crippen molar-refractivity contribution in [2.45, 2.75) is 12.5 Å². The summed E-state index contributed by atoms with van der Waals surface area (Å²) in [6.45, 7) is 0.353. The lowest BCUT2D eigenvalue weighted by atomic mass is 10.2.